The maximum atomic E-state index is 4.36. The quantitative estimate of drug-likeness (QED) is 0.920. The number of nitrogens with zero attached hydrogens (tertiary/aromatic N) is 3. The van der Waals surface area contributed by atoms with E-state index in [4.69, 9.17) is 0 Å². The van der Waals surface area contributed by atoms with Gasteiger partial charge >= 0.3 is 0 Å². The largest absolute Gasteiger partial charge is 0.309 e. The molecular formula is C15H22N4S. The Kier molecular flexibility index (Phi) is 4.17. The average molecular weight is 290 g/mol. The van der Waals surface area contributed by atoms with Crippen LogP contribution in [0.4, 0.5) is 0 Å². The molecule has 0 aliphatic heterocycles. The Morgan fingerprint density at radius 2 is 2.25 bits per heavy atom. The van der Waals surface area contributed by atoms with Crippen LogP contribution >= 0.6 is 11.3 Å². The van der Waals surface area contributed by atoms with Gasteiger partial charge in [0.25, 0.3) is 0 Å². The standard InChI is InChI=1S/C15H22N4S/c1-3-16-12(9-15-17-10-18-19(15)2)14-8-11-6-4-5-7-13(11)20-14/h8,10,12,16H,3-7,9H2,1-2H3. The van der Waals surface area contributed by atoms with Crippen LogP contribution in [0, 0.1) is 0 Å². The Morgan fingerprint density at radius 1 is 1.40 bits per heavy atom. The van der Waals surface area contributed by atoms with E-state index < -0.39 is 0 Å². The lowest BCUT2D eigenvalue weighted by Crippen LogP contribution is -2.23. The predicted octanol–water partition coefficient (Wildman–Crippen LogP) is 2.65. The van der Waals surface area contributed by atoms with Crippen molar-refractivity contribution in [3.63, 3.8) is 0 Å². The van der Waals surface area contributed by atoms with Crippen LogP contribution in [-0.4, -0.2) is 21.3 Å². The molecule has 0 amide bonds. The van der Waals surface area contributed by atoms with E-state index in [0.29, 0.717) is 6.04 Å². The van der Waals surface area contributed by atoms with Crippen molar-refractivity contribution in [3.8, 4) is 0 Å². The maximum Gasteiger partial charge on any atom is 0.138 e. The highest BCUT2D eigenvalue weighted by atomic mass is 32.1. The van der Waals surface area contributed by atoms with E-state index in [-0.39, 0.29) is 0 Å². The molecular weight excluding hydrogens is 268 g/mol. The van der Waals surface area contributed by atoms with E-state index in [1.165, 1.54) is 30.6 Å². The first kappa shape index (κ1) is 13.8. The molecule has 0 aromatic carbocycles. The third kappa shape index (κ3) is 2.79. The molecule has 20 heavy (non-hydrogen) atoms. The highest BCUT2D eigenvalue weighted by Gasteiger charge is 2.20. The van der Waals surface area contributed by atoms with Gasteiger partial charge in [-0.05, 0) is 43.9 Å². The van der Waals surface area contributed by atoms with Crippen molar-refractivity contribution in [2.24, 2.45) is 7.05 Å². The number of hydrogen-bond acceptors (Lipinski definition) is 4. The summed E-state index contributed by atoms with van der Waals surface area (Å²) in [4.78, 5) is 7.43. The Balaban J connectivity index is 1.82. The van der Waals surface area contributed by atoms with Crippen molar-refractivity contribution >= 4 is 11.3 Å². The minimum atomic E-state index is 0.360. The number of thiophene rings is 1. The number of aromatic nitrogens is 3. The number of aryl methyl sites for hydroxylation is 3. The number of nitrogens with one attached hydrogen (secondary N) is 1. The predicted molar refractivity (Wildman–Crippen MR) is 82.1 cm³/mol. The lowest BCUT2D eigenvalue weighted by atomic mass is 9.98. The molecule has 3 rings (SSSR count). The fraction of sp³-hybridized carbons (Fsp3) is 0.600. The molecule has 4 nitrogen and oxygen atoms in total. The van der Waals surface area contributed by atoms with Gasteiger partial charge in [-0.25, -0.2) is 4.98 Å². The molecule has 0 bridgehead atoms. The molecule has 2 aromatic rings. The first-order chi connectivity index (χ1) is 9.78. The molecule has 0 saturated heterocycles. The molecule has 0 radical (unpaired) electrons. The smallest absolute Gasteiger partial charge is 0.138 e. The van der Waals surface area contributed by atoms with E-state index >= 15 is 0 Å². The number of rotatable bonds is 5. The van der Waals surface area contributed by atoms with Crippen LogP contribution in [0.1, 0.15) is 46.9 Å². The van der Waals surface area contributed by atoms with Crippen molar-refractivity contribution in [2.45, 2.75) is 45.1 Å². The fourth-order valence-electron chi connectivity index (χ4n) is 2.89. The molecule has 1 N–H and O–H groups in total. The first-order valence-electron chi connectivity index (χ1n) is 7.45. The maximum absolute atomic E-state index is 4.36. The topological polar surface area (TPSA) is 42.7 Å². The van der Waals surface area contributed by atoms with Crippen molar-refractivity contribution in [2.75, 3.05) is 6.54 Å². The van der Waals surface area contributed by atoms with Crippen LogP contribution in [-0.2, 0) is 26.3 Å². The van der Waals surface area contributed by atoms with Crippen LogP contribution in [0.3, 0.4) is 0 Å². The van der Waals surface area contributed by atoms with Crippen LogP contribution in [0.15, 0.2) is 12.4 Å². The van der Waals surface area contributed by atoms with E-state index in [1.54, 1.807) is 16.8 Å². The summed E-state index contributed by atoms with van der Waals surface area (Å²) in [7, 11) is 1.96. The second-order valence-electron chi connectivity index (χ2n) is 5.42. The zero-order valence-corrected chi connectivity index (χ0v) is 13.0. The summed E-state index contributed by atoms with van der Waals surface area (Å²) in [6.07, 6.45) is 7.76. The zero-order chi connectivity index (χ0) is 13.9. The molecule has 108 valence electrons. The lowest BCUT2D eigenvalue weighted by molar-refractivity contribution is 0.529. The van der Waals surface area contributed by atoms with Crippen molar-refractivity contribution in [1.29, 1.82) is 0 Å². The summed E-state index contributed by atoms with van der Waals surface area (Å²) >= 11 is 1.99. The third-order valence-corrected chi connectivity index (χ3v) is 5.35. The van der Waals surface area contributed by atoms with Gasteiger partial charge in [-0.2, -0.15) is 5.10 Å². The summed E-state index contributed by atoms with van der Waals surface area (Å²) in [6.45, 7) is 3.14. The van der Waals surface area contributed by atoms with Crippen molar-refractivity contribution in [1.82, 2.24) is 20.1 Å². The van der Waals surface area contributed by atoms with Gasteiger partial charge in [-0.15, -0.1) is 11.3 Å². The summed E-state index contributed by atoms with van der Waals surface area (Å²) < 4.78 is 1.87. The number of hydrogen-bond donors (Lipinski definition) is 1. The second kappa shape index (κ2) is 6.06. The van der Waals surface area contributed by atoms with E-state index in [1.807, 2.05) is 23.1 Å². The minimum absolute atomic E-state index is 0.360. The normalized spacial score (nSPS) is 16.1. The SMILES string of the molecule is CCNC(Cc1ncnn1C)c1cc2c(s1)CCCC2. The highest BCUT2D eigenvalue weighted by molar-refractivity contribution is 7.12. The summed E-state index contributed by atoms with van der Waals surface area (Å²) in [6, 6.07) is 2.78. The van der Waals surface area contributed by atoms with Crippen LogP contribution in [0.25, 0.3) is 0 Å². The van der Waals surface area contributed by atoms with E-state index in [9.17, 15) is 0 Å². The minimum Gasteiger partial charge on any atom is -0.309 e. The Morgan fingerprint density at radius 3 is 2.95 bits per heavy atom. The molecule has 0 fully saturated rings. The second-order valence-corrected chi connectivity index (χ2v) is 6.59. The third-order valence-electron chi connectivity index (χ3n) is 4.00. The number of fused-ring (bicyclic) bond motifs is 1. The van der Waals surface area contributed by atoms with Gasteiger partial charge < -0.3 is 5.32 Å². The Hall–Kier alpha value is -1.20. The first-order valence-corrected chi connectivity index (χ1v) is 8.27. The van der Waals surface area contributed by atoms with Crippen molar-refractivity contribution < 1.29 is 0 Å². The van der Waals surface area contributed by atoms with E-state index in [2.05, 4.69) is 28.4 Å². The van der Waals surface area contributed by atoms with Crippen LogP contribution < -0.4 is 5.32 Å². The van der Waals surface area contributed by atoms with Gasteiger partial charge in [0.1, 0.15) is 12.2 Å². The van der Waals surface area contributed by atoms with Gasteiger partial charge in [0.15, 0.2) is 0 Å². The van der Waals surface area contributed by atoms with Crippen LogP contribution in [0.2, 0.25) is 0 Å². The average Bonchev–Trinajstić information content (AvgIpc) is 3.04. The van der Waals surface area contributed by atoms with Gasteiger partial charge in [0.05, 0.1) is 0 Å². The molecule has 1 unspecified atom stereocenters. The molecule has 0 saturated carbocycles. The monoisotopic (exact) mass is 290 g/mol. The number of likely N-dealkylation sites (N-methyl/N-ethyl adjacent to an activating group) is 1. The van der Waals surface area contributed by atoms with Gasteiger partial charge in [-0.3, -0.25) is 4.68 Å². The fourth-order valence-corrected chi connectivity index (χ4v) is 4.23. The van der Waals surface area contributed by atoms with Crippen molar-refractivity contribution in [3.05, 3.63) is 33.5 Å². The Bertz CT molecular complexity index is 549. The molecule has 0 spiro atoms. The summed E-state index contributed by atoms with van der Waals surface area (Å²) in [5.41, 5.74) is 1.58. The molecule has 1 atom stereocenters. The lowest BCUT2D eigenvalue weighted by Gasteiger charge is -2.15. The highest BCUT2D eigenvalue weighted by Crippen LogP contribution is 2.33. The van der Waals surface area contributed by atoms with Gasteiger partial charge in [0, 0.05) is 29.3 Å². The van der Waals surface area contributed by atoms with Gasteiger partial charge in [0.2, 0.25) is 0 Å². The molecule has 1 aliphatic rings. The molecule has 2 heterocycles. The molecule has 1 aliphatic carbocycles. The van der Waals surface area contributed by atoms with Gasteiger partial charge in [-0.1, -0.05) is 6.92 Å². The van der Waals surface area contributed by atoms with Crippen LogP contribution in [0.5, 0.6) is 0 Å². The van der Waals surface area contributed by atoms with E-state index in [0.717, 1.165) is 18.8 Å². The molecule has 5 heteroatoms. The molecule has 2 aromatic heterocycles. The zero-order valence-electron chi connectivity index (χ0n) is 12.2. The summed E-state index contributed by atoms with van der Waals surface area (Å²) in [5, 5.41) is 7.77. The Labute approximate surface area is 124 Å². The summed E-state index contributed by atoms with van der Waals surface area (Å²) in [5.74, 6) is 1.04.